The summed E-state index contributed by atoms with van der Waals surface area (Å²) in [5, 5.41) is 0.545. The lowest BCUT2D eigenvalue weighted by Gasteiger charge is -1.94. The largest absolute Gasteiger partial charge is 0.355 e. The van der Waals surface area contributed by atoms with Crippen LogP contribution in [0.1, 0.15) is 5.56 Å². The van der Waals surface area contributed by atoms with Crippen molar-refractivity contribution >= 4 is 17.3 Å². The molecule has 0 aliphatic carbocycles. The molecule has 19 heavy (non-hydrogen) atoms. The van der Waals surface area contributed by atoms with Crippen LogP contribution >= 0.6 is 0 Å². The lowest BCUT2D eigenvalue weighted by Crippen LogP contribution is -2.22. The lowest BCUT2D eigenvalue weighted by atomic mass is 10.2. The summed E-state index contributed by atoms with van der Waals surface area (Å²) in [5.74, 6) is 0.890. The third kappa shape index (κ3) is 1.40. The quantitative estimate of drug-likeness (QED) is 0.631. The van der Waals surface area contributed by atoms with Crippen LogP contribution < -0.4 is 11.0 Å². The second-order valence-electron chi connectivity index (χ2n) is 4.10. The molecule has 3 aromatic rings. The molecule has 0 unspecified atom stereocenters. The summed E-state index contributed by atoms with van der Waals surface area (Å²) in [5.41, 5.74) is 0.988. The third-order valence-corrected chi connectivity index (χ3v) is 2.93. The summed E-state index contributed by atoms with van der Waals surface area (Å²) < 4.78 is 1.37. The van der Waals surface area contributed by atoms with Gasteiger partial charge in [0.15, 0.2) is 22.7 Å². The molecule has 0 N–H and O–H groups in total. The van der Waals surface area contributed by atoms with Crippen LogP contribution in [-0.4, -0.2) is 20.2 Å². The predicted octanol–water partition coefficient (Wildman–Crippen LogP) is 0.520. The first-order valence-electron chi connectivity index (χ1n) is 5.73. The van der Waals surface area contributed by atoms with E-state index < -0.39 is 0 Å². The normalized spacial score (nSPS) is 13.2. The van der Waals surface area contributed by atoms with Crippen molar-refractivity contribution in [3.8, 4) is 0 Å². The molecule has 3 heterocycles. The number of hydrogen-bond acceptors (Lipinski definition) is 5. The minimum atomic E-state index is -0.389. The van der Waals surface area contributed by atoms with Gasteiger partial charge >= 0.3 is 5.69 Å². The van der Waals surface area contributed by atoms with Crippen molar-refractivity contribution in [2.24, 2.45) is 9.98 Å². The minimum Gasteiger partial charge on any atom is -0.248 e. The van der Waals surface area contributed by atoms with E-state index in [9.17, 15) is 4.79 Å². The van der Waals surface area contributed by atoms with E-state index in [1.165, 1.54) is 4.40 Å². The smallest absolute Gasteiger partial charge is 0.248 e. The summed E-state index contributed by atoms with van der Waals surface area (Å²) in [6, 6.07) is 9.57. The molecule has 2 aromatic heterocycles. The van der Waals surface area contributed by atoms with Gasteiger partial charge in [-0.3, -0.25) is 0 Å². The summed E-state index contributed by atoms with van der Waals surface area (Å²) in [6.07, 6.45) is 3.12. The van der Waals surface area contributed by atoms with E-state index in [2.05, 4.69) is 20.0 Å². The Bertz CT molecular complexity index is 927. The standard InChI is InChI=1S/C13H7N5O/c19-13-17-11-9(12-14-6-7-18(12)13)15-10(16-11)8-4-2-1-3-5-8/h1-7H. The number of imidazole rings is 1. The molecule has 1 aliphatic heterocycles. The lowest BCUT2D eigenvalue weighted by molar-refractivity contribution is 0.987. The van der Waals surface area contributed by atoms with Gasteiger partial charge in [0.05, 0.1) is 0 Å². The highest BCUT2D eigenvalue weighted by Gasteiger charge is 2.16. The van der Waals surface area contributed by atoms with Crippen LogP contribution in [0, 0.1) is 0 Å². The average molecular weight is 249 g/mol. The number of aliphatic imine (C=N–C) groups is 1. The molecule has 90 valence electrons. The molecule has 0 saturated heterocycles. The second-order valence-corrected chi connectivity index (χ2v) is 4.10. The van der Waals surface area contributed by atoms with Crippen LogP contribution in [0.5, 0.6) is 0 Å². The van der Waals surface area contributed by atoms with E-state index >= 15 is 0 Å². The fourth-order valence-electron chi connectivity index (χ4n) is 2.06. The Morgan fingerprint density at radius 1 is 1.05 bits per heavy atom. The van der Waals surface area contributed by atoms with E-state index in [0.717, 1.165) is 5.56 Å². The number of nitrogens with zero attached hydrogens (tertiary/aromatic N) is 5. The molecule has 0 bridgehead atoms. The molecule has 0 spiro atoms. The van der Waals surface area contributed by atoms with Crippen LogP contribution in [-0.2, 0) is 0 Å². The van der Waals surface area contributed by atoms with Gasteiger partial charge in [-0.15, -0.1) is 0 Å². The zero-order valence-electron chi connectivity index (χ0n) is 9.69. The molecule has 0 fully saturated rings. The van der Waals surface area contributed by atoms with Crippen molar-refractivity contribution in [3.63, 3.8) is 0 Å². The topological polar surface area (TPSA) is 72.0 Å². The minimum absolute atomic E-state index is 0.336. The van der Waals surface area contributed by atoms with E-state index in [-0.39, 0.29) is 5.69 Å². The first kappa shape index (κ1) is 10.1. The van der Waals surface area contributed by atoms with Gasteiger partial charge in [-0.25, -0.2) is 24.2 Å². The van der Waals surface area contributed by atoms with Gasteiger partial charge < -0.3 is 0 Å². The van der Waals surface area contributed by atoms with Crippen LogP contribution in [0.15, 0.2) is 57.5 Å². The molecule has 6 heteroatoms. The molecule has 0 atom stereocenters. The number of aromatic nitrogens is 3. The fraction of sp³-hybridized carbons (Fsp3) is 0. The summed E-state index contributed by atoms with van der Waals surface area (Å²) in [6.45, 7) is 0. The van der Waals surface area contributed by atoms with Gasteiger partial charge in [-0.2, -0.15) is 4.98 Å². The first-order valence-corrected chi connectivity index (χ1v) is 5.73. The molecule has 6 nitrogen and oxygen atoms in total. The molecular weight excluding hydrogens is 242 g/mol. The Kier molecular flexibility index (Phi) is 1.88. The molecule has 0 saturated carbocycles. The summed E-state index contributed by atoms with van der Waals surface area (Å²) in [4.78, 5) is 28.5. The fourth-order valence-corrected chi connectivity index (χ4v) is 2.06. The van der Waals surface area contributed by atoms with Crippen LogP contribution in [0.3, 0.4) is 0 Å². The highest BCUT2D eigenvalue weighted by molar-refractivity contribution is 6.02. The van der Waals surface area contributed by atoms with Crippen molar-refractivity contribution in [1.29, 1.82) is 0 Å². The van der Waals surface area contributed by atoms with Gasteiger partial charge in [-0.1, -0.05) is 30.3 Å². The maximum absolute atomic E-state index is 11.7. The highest BCUT2D eigenvalue weighted by atomic mass is 16.1. The van der Waals surface area contributed by atoms with Crippen molar-refractivity contribution < 1.29 is 0 Å². The van der Waals surface area contributed by atoms with Crippen LogP contribution in [0.25, 0.3) is 5.65 Å². The summed E-state index contributed by atoms with van der Waals surface area (Å²) in [7, 11) is 0. The number of benzene rings is 1. The molecule has 4 rings (SSSR count). The highest BCUT2D eigenvalue weighted by Crippen LogP contribution is 2.12. The Labute approximate surface area is 106 Å². The molecular formula is C13H7N5O. The Balaban J connectivity index is 2.02. The maximum Gasteiger partial charge on any atom is 0.355 e. The first-order chi connectivity index (χ1) is 9.33. The van der Waals surface area contributed by atoms with Crippen molar-refractivity contribution in [2.75, 3.05) is 0 Å². The van der Waals surface area contributed by atoms with Crippen molar-refractivity contribution in [3.05, 3.63) is 64.1 Å². The van der Waals surface area contributed by atoms with Crippen LogP contribution in [0.4, 0.5) is 5.82 Å². The van der Waals surface area contributed by atoms with Crippen molar-refractivity contribution in [2.45, 2.75) is 0 Å². The Morgan fingerprint density at radius 2 is 1.89 bits per heavy atom. The average Bonchev–Trinajstić information content (AvgIpc) is 3.05. The number of rotatable bonds is 1. The van der Waals surface area contributed by atoms with E-state index in [4.69, 9.17) is 0 Å². The van der Waals surface area contributed by atoms with Crippen molar-refractivity contribution in [1.82, 2.24) is 14.4 Å². The van der Waals surface area contributed by atoms with Gasteiger partial charge in [0.25, 0.3) is 0 Å². The number of amidine groups is 1. The van der Waals surface area contributed by atoms with E-state index in [1.54, 1.807) is 12.4 Å². The van der Waals surface area contributed by atoms with Gasteiger partial charge in [-0.05, 0) is 0 Å². The molecule has 0 radical (unpaired) electrons. The second kappa shape index (κ2) is 3.55. The summed E-state index contributed by atoms with van der Waals surface area (Å²) >= 11 is 0. The van der Waals surface area contributed by atoms with E-state index in [1.807, 2.05) is 30.3 Å². The monoisotopic (exact) mass is 249 g/mol. The molecule has 1 aliphatic rings. The Morgan fingerprint density at radius 3 is 2.74 bits per heavy atom. The zero-order valence-corrected chi connectivity index (χ0v) is 9.69. The van der Waals surface area contributed by atoms with Crippen LogP contribution in [0.2, 0.25) is 0 Å². The molecule has 1 aromatic carbocycles. The number of fused-ring (bicyclic) bond motifs is 3. The molecule has 0 amide bonds. The maximum atomic E-state index is 11.7. The third-order valence-electron chi connectivity index (χ3n) is 2.93. The predicted molar refractivity (Wildman–Crippen MR) is 68.6 cm³/mol. The Hall–Kier alpha value is -2.89. The number of hydrogen-bond donors (Lipinski definition) is 0. The SMILES string of the molecule is O=c1nc2c(c3nccn13)=NC(c1ccccc1)=N2. The van der Waals surface area contributed by atoms with Gasteiger partial charge in [0.1, 0.15) is 0 Å². The van der Waals surface area contributed by atoms with Gasteiger partial charge in [0.2, 0.25) is 0 Å². The van der Waals surface area contributed by atoms with Gasteiger partial charge in [0, 0.05) is 18.0 Å². The van der Waals surface area contributed by atoms with E-state index in [0.29, 0.717) is 22.7 Å². The zero-order chi connectivity index (χ0) is 12.8.